The molecule has 0 aliphatic carbocycles. The maximum absolute atomic E-state index is 13.5. The summed E-state index contributed by atoms with van der Waals surface area (Å²) in [4.78, 5) is 28.8. The van der Waals surface area contributed by atoms with Crippen LogP contribution in [0, 0.1) is 0 Å². The van der Waals surface area contributed by atoms with Crippen LogP contribution in [0.15, 0.2) is 60.7 Å². The maximum atomic E-state index is 13.5. The largest absolute Gasteiger partial charge is 0.319 e. The molecule has 1 saturated heterocycles. The lowest BCUT2D eigenvalue weighted by Crippen LogP contribution is -2.55. The van der Waals surface area contributed by atoms with Crippen molar-refractivity contribution in [3.8, 4) is 0 Å². The van der Waals surface area contributed by atoms with Gasteiger partial charge in [0, 0.05) is 6.54 Å². The van der Waals surface area contributed by atoms with Crippen LogP contribution >= 0.6 is 0 Å². The Labute approximate surface area is 162 Å². The van der Waals surface area contributed by atoms with Gasteiger partial charge in [0.1, 0.15) is 6.04 Å². The summed E-state index contributed by atoms with van der Waals surface area (Å²) in [5.74, 6) is -0.0423. The summed E-state index contributed by atoms with van der Waals surface area (Å²) in [6.07, 6.45) is 0. The van der Waals surface area contributed by atoms with Crippen molar-refractivity contribution in [2.45, 2.75) is 51.5 Å². The predicted molar refractivity (Wildman–Crippen MR) is 111 cm³/mol. The van der Waals surface area contributed by atoms with E-state index in [0.717, 1.165) is 29.3 Å². The summed E-state index contributed by atoms with van der Waals surface area (Å²) in [6.45, 7) is 6.81. The third-order valence-corrected chi connectivity index (χ3v) is 11.3. The Morgan fingerprint density at radius 2 is 1.33 bits per heavy atom. The Hall–Kier alpha value is -2.40. The molecule has 1 aliphatic heterocycles. The van der Waals surface area contributed by atoms with Crippen LogP contribution in [0.25, 0.3) is 0 Å². The van der Waals surface area contributed by atoms with E-state index in [1.54, 1.807) is 9.47 Å². The summed E-state index contributed by atoms with van der Waals surface area (Å²) in [6, 6.07) is 21.7. The SMILES string of the molecule is CC[Si](CC)(CC)N1C(=O)C(c2ccccc2)N(Cc2ccccc2)C1=O. The monoisotopic (exact) mass is 380 g/mol. The molecule has 2 aromatic rings. The second-order valence-corrected chi connectivity index (χ2v) is 12.2. The molecule has 1 aliphatic rings. The van der Waals surface area contributed by atoms with Gasteiger partial charge in [0.25, 0.3) is 0 Å². The molecule has 142 valence electrons. The van der Waals surface area contributed by atoms with Crippen LogP contribution in [0.1, 0.15) is 37.9 Å². The zero-order valence-corrected chi connectivity index (χ0v) is 17.4. The van der Waals surface area contributed by atoms with Gasteiger partial charge in [-0.3, -0.25) is 9.36 Å². The molecule has 2 aromatic carbocycles. The predicted octanol–water partition coefficient (Wildman–Crippen LogP) is 5.20. The lowest BCUT2D eigenvalue weighted by atomic mass is 10.1. The van der Waals surface area contributed by atoms with Crippen LogP contribution in [0.5, 0.6) is 0 Å². The number of rotatable bonds is 7. The smallest absolute Gasteiger partial charge is 0.304 e. The molecule has 3 amide bonds. The Kier molecular flexibility index (Phi) is 5.80. The van der Waals surface area contributed by atoms with E-state index < -0.39 is 14.3 Å². The molecule has 5 heteroatoms. The van der Waals surface area contributed by atoms with Gasteiger partial charge in [0.05, 0.1) is 0 Å². The van der Waals surface area contributed by atoms with Crippen LogP contribution in [0.4, 0.5) is 4.79 Å². The zero-order chi connectivity index (χ0) is 19.4. The quantitative estimate of drug-likeness (QED) is 0.489. The van der Waals surface area contributed by atoms with Crippen molar-refractivity contribution in [2.75, 3.05) is 0 Å². The minimum absolute atomic E-state index is 0.0423. The van der Waals surface area contributed by atoms with Gasteiger partial charge in [-0.15, -0.1) is 0 Å². The highest BCUT2D eigenvalue weighted by Gasteiger charge is 2.53. The minimum Gasteiger partial charge on any atom is -0.304 e. The Morgan fingerprint density at radius 1 is 0.815 bits per heavy atom. The van der Waals surface area contributed by atoms with Crippen molar-refractivity contribution < 1.29 is 9.59 Å². The van der Waals surface area contributed by atoms with Crippen molar-refractivity contribution >= 4 is 20.2 Å². The molecular formula is C22H28N2O2Si. The van der Waals surface area contributed by atoms with Crippen LogP contribution in [0.3, 0.4) is 0 Å². The summed E-state index contributed by atoms with van der Waals surface area (Å²) in [7, 11) is -2.15. The molecular weight excluding hydrogens is 352 g/mol. The third kappa shape index (κ3) is 3.44. The van der Waals surface area contributed by atoms with Gasteiger partial charge < -0.3 is 4.90 Å². The normalized spacial score (nSPS) is 17.7. The van der Waals surface area contributed by atoms with Crippen molar-refractivity contribution in [3.63, 3.8) is 0 Å². The standard InChI is InChI=1S/C22H28N2O2Si/c1-4-27(5-2,6-3)24-21(25)20(19-15-11-8-12-16-19)23(22(24)26)17-18-13-9-7-10-14-18/h7-16,20H,4-6,17H2,1-3H3. The van der Waals surface area contributed by atoms with Gasteiger partial charge in [-0.2, -0.15) is 0 Å². The molecule has 1 fully saturated rings. The first kappa shape index (κ1) is 19.4. The first-order valence-electron chi connectivity index (χ1n) is 9.81. The molecule has 0 spiro atoms. The molecule has 1 heterocycles. The number of nitrogens with zero attached hydrogens (tertiary/aromatic N) is 2. The Bertz CT molecular complexity index is 782. The fourth-order valence-electron chi connectivity index (χ4n) is 4.15. The number of amides is 3. The molecule has 0 N–H and O–H groups in total. The fraction of sp³-hybridized carbons (Fsp3) is 0.364. The summed E-state index contributed by atoms with van der Waals surface area (Å²) in [5, 5.41) is 0. The van der Waals surface area contributed by atoms with E-state index in [1.165, 1.54) is 0 Å². The summed E-state index contributed by atoms with van der Waals surface area (Å²) in [5.41, 5.74) is 1.93. The van der Waals surface area contributed by atoms with Gasteiger partial charge in [-0.05, 0) is 29.3 Å². The van der Waals surface area contributed by atoms with Crippen molar-refractivity contribution in [1.29, 1.82) is 0 Å². The second kappa shape index (κ2) is 8.09. The Balaban J connectivity index is 2.05. The van der Waals surface area contributed by atoms with E-state index in [-0.39, 0.29) is 11.9 Å². The molecule has 27 heavy (non-hydrogen) atoms. The first-order valence-corrected chi connectivity index (χ1v) is 12.4. The van der Waals surface area contributed by atoms with E-state index >= 15 is 0 Å². The van der Waals surface area contributed by atoms with Crippen LogP contribution < -0.4 is 0 Å². The van der Waals surface area contributed by atoms with Crippen molar-refractivity contribution in [1.82, 2.24) is 9.47 Å². The number of carbonyl (C=O) groups is 2. The average Bonchev–Trinajstić information content (AvgIpc) is 2.96. The van der Waals surface area contributed by atoms with Crippen LogP contribution in [-0.2, 0) is 11.3 Å². The average molecular weight is 381 g/mol. The summed E-state index contributed by atoms with van der Waals surface area (Å²) >= 11 is 0. The number of hydrogen-bond donors (Lipinski definition) is 0. The Morgan fingerprint density at radius 3 is 1.85 bits per heavy atom. The zero-order valence-electron chi connectivity index (χ0n) is 16.4. The molecule has 0 bridgehead atoms. The number of hydrogen-bond acceptors (Lipinski definition) is 2. The molecule has 0 saturated carbocycles. The van der Waals surface area contributed by atoms with Crippen LogP contribution in [-0.4, -0.2) is 29.6 Å². The van der Waals surface area contributed by atoms with Gasteiger partial charge >= 0.3 is 6.03 Å². The number of carbonyl (C=O) groups excluding carboxylic acids is 2. The molecule has 0 radical (unpaired) electrons. The van der Waals surface area contributed by atoms with E-state index in [2.05, 4.69) is 20.8 Å². The summed E-state index contributed by atoms with van der Waals surface area (Å²) < 4.78 is 1.69. The number of imide groups is 1. The molecule has 1 unspecified atom stereocenters. The molecule has 1 atom stereocenters. The third-order valence-electron chi connectivity index (χ3n) is 5.96. The molecule has 3 rings (SSSR count). The van der Waals surface area contributed by atoms with Gasteiger partial charge in [0.2, 0.25) is 5.91 Å². The van der Waals surface area contributed by atoms with E-state index in [4.69, 9.17) is 0 Å². The number of urea groups is 1. The molecule has 4 nitrogen and oxygen atoms in total. The van der Waals surface area contributed by atoms with E-state index in [1.807, 2.05) is 60.7 Å². The van der Waals surface area contributed by atoms with Crippen molar-refractivity contribution in [3.05, 3.63) is 71.8 Å². The lowest BCUT2D eigenvalue weighted by molar-refractivity contribution is -0.126. The maximum Gasteiger partial charge on any atom is 0.319 e. The highest BCUT2D eigenvalue weighted by Crippen LogP contribution is 2.38. The van der Waals surface area contributed by atoms with E-state index in [0.29, 0.717) is 6.54 Å². The van der Waals surface area contributed by atoms with Gasteiger partial charge in [-0.25, -0.2) is 4.79 Å². The van der Waals surface area contributed by atoms with Crippen LogP contribution in [0.2, 0.25) is 18.1 Å². The highest BCUT2D eigenvalue weighted by atomic mass is 28.3. The molecule has 0 aromatic heterocycles. The highest BCUT2D eigenvalue weighted by molar-refractivity contribution is 6.81. The lowest BCUT2D eigenvalue weighted by Gasteiger charge is -2.36. The van der Waals surface area contributed by atoms with E-state index in [9.17, 15) is 9.59 Å². The fourth-order valence-corrected chi connectivity index (χ4v) is 7.72. The van der Waals surface area contributed by atoms with Crippen molar-refractivity contribution in [2.24, 2.45) is 0 Å². The topological polar surface area (TPSA) is 40.6 Å². The first-order chi connectivity index (χ1) is 13.1. The number of benzene rings is 2. The van der Waals surface area contributed by atoms with Gasteiger partial charge in [-0.1, -0.05) is 81.4 Å². The minimum atomic E-state index is -2.15. The van der Waals surface area contributed by atoms with Gasteiger partial charge in [0.15, 0.2) is 8.24 Å². The second-order valence-electron chi connectivity index (χ2n) is 7.17.